The van der Waals surface area contributed by atoms with Crippen LogP contribution >= 0.6 is 55.4 Å². The van der Waals surface area contributed by atoms with E-state index >= 15 is 0 Å². The minimum Gasteiger partial charge on any atom is -0.294 e. The molecule has 2 aromatic rings. The lowest BCUT2D eigenvalue weighted by Crippen LogP contribution is -2.07. The van der Waals surface area contributed by atoms with Crippen LogP contribution in [0.25, 0.3) is 0 Å². The third-order valence-electron chi connectivity index (χ3n) is 5.29. The smallest absolute Gasteiger partial charge is 0.169 e. The summed E-state index contributed by atoms with van der Waals surface area (Å²) in [6, 6.07) is 16.0. The van der Waals surface area contributed by atoms with Crippen molar-refractivity contribution in [3.05, 3.63) is 78.4 Å². The van der Waals surface area contributed by atoms with Crippen molar-refractivity contribution in [1.29, 1.82) is 0 Å². The summed E-state index contributed by atoms with van der Waals surface area (Å²) in [5.41, 5.74) is 2.47. The molecule has 0 aromatic heterocycles. The highest BCUT2D eigenvalue weighted by atomic mass is 79.9. The normalized spacial score (nSPS) is 16.8. The lowest BCUT2D eigenvalue weighted by atomic mass is 10.00. The van der Waals surface area contributed by atoms with Crippen LogP contribution in [0.15, 0.2) is 88.2 Å². The quantitative estimate of drug-likeness (QED) is 0.354. The van der Waals surface area contributed by atoms with Crippen LogP contribution in [0.2, 0.25) is 0 Å². The molecular weight excluding hydrogens is 568 g/mol. The van der Waals surface area contributed by atoms with Crippen LogP contribution in [0, 0.1) is 0 Å². The molecule has 0 heterocycles. The summed E-state index contributed by atoms with van der Waals surface area (Å²) >= 11 is 10.2. The van der Waals surface area contributed by atoms with Crippen LogP contribution < -0.4 is 0 Å². The molecule has 0 fully saturated rings. The van der Waals surface area contributed by atoms with Gasteiger partial charge in [0.25, 0.3) is 0 Å². The predicted molar refractivity (Wildman–Crippen MR) is 143 cm³/mol. The molecule has 6 heteroatoms. The fourth-order valence-corrected chi connectivity index (χ4v) is 6.63. The first-order valence-corrected chi connectivity index (χ1v) is 13.9. The molecule has 0 amide bonds. The van der Waals surface area contributed by atoms with E-state index in [1.54, 1.807) is 23.5 Å². The fraction of sp³-hybridized carbons (Fsp3) is 0.308. The van der Waals surface area contributed by atoms with Crippen molar-refractivity contribution in [3.63, 3.8) is 0 Å². The Hall–Kier alpha value is -1.08. The number of benzene rings is 2. The molecule has 0 N–H and O–H groups in total. The van der Waals surface area contributed by atoms with Crippen molar-refractivity contribution >= 4 is 67.0 Å². The molecule has 0 aliphatic heterocycles. The van der Waals surface area contributed by atoms with Crippen LogP contribution in [0.4, 0.5) is 0 Å². The molecule has 2 aliphatic rings. The second-order valence-corrected chi connectivity index (χ2v) is 11.7. The van der Waals surface area contributed by atoms with Gasteiger partial charge in [-0.1, -0.05) is 58.9 Å². The molecule has 0 spiro atoms. The first-order valence-electron chi connectivity index (χ1n) is 10.7. The number of ketones is 2. The molecule has 32 heavy (non-hydrogen) atoms. The SMILES string of the molecule is CC1=C(Sc2ccccc2Br)C(=O)CCC1.CC1=C(Sc2ccccc2Br)C(=O)CCC1. The molecule has 2 aromatic carbocycles. The van der Waals surface area contributed by atoms with Crippen molar-refractivity contribution in [1.82, 2.24) is 0 Å². The van der Waals surface area contributed by atoms with Gasteiger partial charge in [0.1, 0.15) is 0 Å². The molecule has 0 bridgehead atoms. The van der Waals surface area contributed by atoms with Crippen LogP contribution in [-0.2, 0) is 9.59 Å². The minimum atomic E-state index is 0.296. The van der Waals surface area contributed by atoms with Gasteiger partial charge in [-0.3, -0.25) is 9.59 Å². The van der Waals surface area contributed by atoms with Crippen molar-refractivity contribution < 1.29 is 9.59 Å². The van der Waals surface area contributed by atoms with Gasteiger partial charge in [-0.05, 0) is 95.7 Å². The van der Waals surface area contributed by atoms with Crippen LogP contribution in [-0.4, -0.2) is 11.6 Å². The van der Waals surface area contributed by atoms with E-state index in [0.29, 0.717) is 24.4 Å². The molecular formula is C26H26Br2O2S2. The number of rotatable bonds is 4. The summed E-state index contributed by atoms with van der Waals surface area (Å²) in [5.74, 6) is 0.592. The number of carbonyl (C=O) groups is 2. The van der Waals surface area contributed by atoms with Gasteiger partial charge in [0.05, 0.1) is 9.81 Å². The van der Waals surface area contributed by atoms with E-state index in [1.807, 2.05) is 48.5 Å². The maximum atomic E-state index is 11.8. The number of halogens is 2. The number of thioether (sulfide) groups is 2. The van der Waals surface area contributed by atoms with E-state index in [-0.39, 0.29) is 0 Å². The Morgan fingerprint density at radius 3 is 1.34 bits per heavy atom. The average Bonchev–Trinajstić information content (AvgIpc) is 2.76. The van der Waals surface area contributed by atoms with Gasteiger partial charge in [0.15, 0.2) is 11.6 Å². The van der Waals surface area contributed by atoms with Crippen LogP contribution in [0.5, 0.6) is 0 Å². The molecule has 4 rings (SSSR count). The van der Waals surface area contributed by atoms with Gasteiger partial charge >= 0.3 is 0 Å². The summed E-state index contributed by atoms with van der Waals surface area (Å²) in [6.07, 6.45) is 5.51. The third-order valence-corrected chi connectivity index (χ3v) is 9.91. The summed E-state index contributed by atoms with van der Waals surface area (Å²) in [5, 5.41) is 0. The van der Waals surface area contributed by atoms with Gasteiger partial charge < -0.3 is 0 Å². The fourth-order valence-electron chi connectivity index (χ4n) is 3.52. The van der Waals surface area contributed by atoms with Gasteiger partial charge in [-0.25, -0.2) is 0 Å². The number of hydrogen-bond acceptors (Lipinski definition) is 4. The Balaban J connectivity index is 0.000000181. The molecule has 0 radical (unpaired) electrons. The van der Waals surface area contributed by atoms with Crippen LogP contribution in [0.1, 0.15) is 52.4 Å². The second-order valence-electron chi connectivity index (χ2n) is 7.84. The Labute approximate surface area is 216 Å². The monoisotopic (exact) mass is 592 g/mol. The van der Waals surface area contributed by atoms with E-state index in [2.05, 4.69) is 45.7 Å². The number of hydrogen-bond donors (Lipinski definition) is 0. The molecule has 2 aliphatic carbocycles. The van der Waals surface area contributed by atoms with Gasteiger partial charge in [-0.15, -0.1) is 0 Å². The zero-order chi connectivity index (χ0) is 23.1. The maximum absolute atomic E-state index is 11.8. The van der Waals surface area contributed by atoms with E-state index in [0.717, 1.165) is 54.2 Å². The topological polar surface area (TPSA) is 34.1 Å². The van der Waals surface area contributed by atoms with Crippen molar-refractivity contribution in [2.75, 3.05) is 0 Å². The van der Waals surface area contributed by atoms with Crippen molar-refractivity contribution in [3.8, 4) is 0 Å². The summed E-state index contributed by atoms with van der Waals surface area (Å²) in [7, 11) is 0. The molecule has 0 saturated heterocycles. The van der Waals surface area contributed by atoms with E-state index < -0.39 is 0 Å². The molecule has 2 nitrogen and oxygen atoms in total. The lowest BCUT2D eigenvalue weighted by Gasteiger charge is -2.16. The summed E-state index contributed by atoms with van der Waals surface area (Å²) in [4.78, 5) is 27.8. The first-order chi connectivity index (χ1) is 15.4. The van der Waals surface area contributed by atoms with Gasteiger partial charge in [0.2, 0.25) is 0 Å². The number of carbonyl (C=O) groups excluding carboxylic acids is 2. The van der Waals surface area contributed by atoms with E-state index in [1.165, 1.54) is 11.1 Å². The van der Waals surface area contributed by atoms with E-state index in [4.69, 9.17) is 0 Å². The molecule has 168 valence electrons. The minimum absolute atomic E-state index is 0.296. The lowest BCUT2D eigenvalue weighted by molar-refractivity contribution is -0.116. The predicted octanol–water partition coefficient (Wildman–Crippen LogP) is 9.14. The maximum Gasteiger partial charge on any atom is 0.169 e. The van der Waals surface area contributed by atoms with Crippen molar-refractivity contribution in [2.45, 2.75) is 62.2 Å². The zero-order valence-corrected chi connectivity index (χ0v) is 23.1. The van der Waals surface area contributed by atoms with Gasteiger partial charge in [-0.2, -0.15) is 0 Å². The Morgan fingerprint density at radius 1 is 0.625 bits per heavy atom. The summed E-state index contributed by atoms with van der Waals surface area (Å²) in [6.45, 7) is 4.13. The highest BCUT2D eigenvalue weighted by Crippen LogP contribution is 2.39. The largest absolute Gasteiger partial charge is 0.294 e. The Kier molecular flexibility index (Phi) is 9.90. The standard InChI is InChI=1S/2C13H13BrOS/c2*1-9-5-4-7-11(15)13(9)16-12-8-3-2-6-10(12)14/h2*2-3,6,8H,4-5,7H2,1H3. The Bertz CT molecular complexity index is 988. The zero-order valence-electron chi connectivity index (χ0n) is 18.3. The Morgan fingerprint density at radius 2 is 1.00 bits per heavy atom. The highest BCUT2D eigenvalue weighted by molar-refractivity contribution is 9.10. The van der Waals surface area contributed by atoms with Crippen LogP contribution in [0.3, 0.4) is 0 Å². The van der Waals surface area contributed by atoms with Crippen molar-refractivity contribution in [2.24, 2.45) is 0 Å². The number of Topliss-reactive ketones (excluding diaryl/α,β-unsaturated/α-hetero) is 2. The molecule has 0 unspecified atom stereocenters. The molecule has 0 saturated carbocycles. The molecule has 0 atom stereocenters. The first kappa shape index (κ1) is 25.5. The summed E-state index contributed by atoms with van der Waals surface area (Å²) < 4.78 is 2.11. The van der Waals surface area contributed by atoms with E-state index in [9.17, 15) is 9.59 Å². The van der Waals surface area contributed by atoms with Gasteiger partial charge in [0, 0.05) is 31.6 Å². The number of allylic oxidation sites excluding steroid dienone is 4. The average molecular weight is 594 g/mol. The third kappa shape index (κ3) is 6.96. The second kappa shape index (κ2) is 12.4. The highest BCUT2D eigenvalue weighted by Gasteiger charge is 2.20.